The molecule has 28 heavy (non-hydrogen) atoms. The van der Waals surface area contributed by atoms with Crippen molar-refractivity contribution in [3.63, 3.8) is 0 Å². The van der Waals surface area contributed by atoms with E-state index in [0.717, 1.165) is 16.8 Å². The number of anilines is 1. The van der Waals surface area contributed by atoms with Gasteiger partial charge in [-0.3, -0.25) is 9.59 Å². The Hall–Kier alpha value is -2.66. The fourth-order valence-corrected chi connectivity index (χ4v) is 5.99. The quantitative estimate of drug-likeness (QED) is 0.879. The van der Waals surface area contributed by atoms with E-state index in [1.807, 2.05) is 47.4 Å². The molecule has 5 unspecified atom stereocenters. The lowest BCUT2D eigenvalue weighted by atomic mass is 9.71. The molecule has 3 saturated heterocycles. The van der Waals surface area contributed by atoms with Gasteiger partial charge in [-0.2, -0.15) is 0 Å². The van der Waals surface area contributed by atoms with Crippen molar-refractivity contribution >= 4 is 17.5 Å². The van der Waals surface area contributed by atoms with Gasteiger partial charge in [0.05, 0.1) is 12.7 Å². The molecule has 2 aromatic carbocycles. The highest BCUT2D eigenvalue weighted by atomic mass is 16.5. The first-order chi connectivity index (χ1) is 13.7. The number of likely N-dealkylation sites (tertiary alicyclic amines) is 1. The molecule has 142 valence electrons. The molecule has 0 radical (unpaired) electrons. The van der Waals surface area contributed by atoms with Crippen molar-refractivity contribution in [2.45, 2.75) is 36.9 Å². The van der Waals surface area contributed by atoms with Crippen LogP contribution in [0, 0.1) is 11.8 Å². The van der Waals surface area contributed by atoms with Crippen molar-refractivity contribution in [2.24, 2.45) is 11.8 Å². The van der Waals surface area contributed by atoms with Crippen molar-refractivity contribution in [1.82, 2.24) is 4.90 Å². The van der Waals surface area contributed by atoms with Crippen LogP contribution in [0.3, 0.4) is 0 Å². The molecule has 2 aromatic rings. The molecule has 4 bridgehead atoms. The maximum absolute atomic E-state index is 13.3. The molecular formula is C23H22N2O3. The van der Waals surface area contributed by atoms with E-state index in [4.69, 9.17) is 4.74 Å². The second kappa shape index (κ2) is 5.67. The number of benzene rings is 2. The molecule has 5 heteroatoms. The number of nitrogens with zero attached hydrogens (tertiary/aromatic N) is 1. The number of amides is 2. The number of rotatable bonds is 2. The summed E-state index contributed by atoms with van der Waals surface area (Å²) in [7, 11) is 0. The lowest BCUT2D eigenvalue weighted by molar-refractivity contribution is -0.143. The van der Waals surface area contributed by atoms with E-state index >= 15 is 0 Å². The predicted octanol–water partition coefficient (Wildman–Crippen LogP) is 2.71. The van der Waals surface area contributed by atoms with Crippen LogP contribution < -0.4 is 5.32 Å². The van der Waals surface area contributed by atoms with Crippen LogP contribution in [0.5, 0.6) is 0 Å². The van der Waals surface area contributed by atoms with Crippen LogP contribution in [-0.2, 0) is 26.3 Å². The normalized spacial score (nSPS) is 35.2. The highest BCUT2D eigenvalue weighted by Crippen LogP contribution is 2.56. The molecule has 7 rings (SSSR count). The second-order valence-corrected chi connectivity index (χ2v) is 8.52. The molecule has 4 fully saturated rings. The van der Waals surface area contributed by atoms with Crippen LogP contribution in [-0.4, -0.2) is 35.5 Å². The Kier molecular flexibility index (Phi) is 3.30. The third kappa shape index (κ3) is 2.00. The van der Waals surface area contributed by atoms with Crippen LogP contribution >= 0.6 is 0 Å². The summed E-state index contributed by atoms with van der Waals surface area (Å²) in [4.78, 5) is 28.5. The highest BCUT2D eigenvalue weighted by molar-refractivity contribution is 6.07. The van der Waals surface area contributed by atoms with Gasteiger partial charge < -0.3 is 15.0 Å². The fourth-order valence-electron chi connectivity index (χ4n) is 5.99. The predicted molar refractivity (Wildman–Crippen MR) is 103 cm³/mol. The molecule has 0 aromatic heterocycles. The van der Waals surface area contributed by atoms with Gasteiger partial charge >= 0.3 is 0 Å². The Bertz CT molecular complexity index is 975. The maximum Gasteiger partial charge on any atom is 0.237 e. The Morgan fingerprint density at radius 2 is 1.86 bits per heavy atom. The minimum atomic E-state index is -0.694. The lowest BCUT2D eigenvalue weighted by Gasteiger charge is -2.39. The van der Waals surface area contributed by atoms with Gasteiger partial charge in [-0.15, -0.1) is 0 Å². The van der Waals surface area contributed by atoms with E-state index in [1.165, 1.54) is 0 Å². The Morgan fingerprint density at radius 3 is 2.71 bits per heavy atom. The first-order valence-corrected chi connectivity index (χ1v) is 10.1. The topological polar surface area (TPSA) is 58.6 Å². The third-order valence-corrected chi connectivity index (χ3v) is 7.31. The van der Waals surface area contributed by atoms with Gasteiger partial charge in [0, 0.05) is 30.1 Å². The van der Waals surface area contributed by atoms with Crippen molar-refractivity contribution in [1.29, 1.82) is 0 Å². The van der Waals surface area contributed by atoms with Crippen molar-refractivity contribution in [2.75, 3.05) is 11.9 Å². The van der Waals surface area contributed by atoms with E-state index in [1.54, 1.807) is 0 Å². The van der Waals surface area contributed by atoms with Crippen LogP contribution in [0.1, 0.15) is 24.0 Å². The number of fused-ring (bicyclic) bond motifs is 2. The van der Waals surface area contributed by atoms with E-state index in [9.17, 15) is 9.59 Å². The zero-order chi connectivity index (χ0) is 18.9. The van der Waals surface area contributed by atoms with Crippen LogP contribution in [0.25, 0.3) is 0 Å². The highest BCUT2D eigenvalue weighted by Gasteiger charge is 2.65. The molecule has 5 aliphatic rings. The zero-order valence-corrected chi connectivity index (χ0v) is 15.5. The van der Waals surface area contributed by atoms with Crippen molar-refractivity contribution in [3.8, 4) is 0 Å². The van der Waals surface area contributed by atoms with E-state index < -0.39 is 5.41 Å². The van der Waals surface area contributed by atoms with Gasteiger partial charge in [-0.05, 0) is 30.0 Å². The number of hydrogen-bond acceptors (Lipinski definition) is 3. The monoisotopic (exact) mass is 374 g/mol. The average molecular weight is 374 g/mol. The van der Waals surface area contributed by atoms with Gasteiger partial charge in [-0.1, -0.05) is 48.5 Å². The van der Waals surface area contributed by atoms with Crippen molar-refractivity contribution in [3.05, 3.63) is 65.7 Å². The smallest absolute Gasteiger partial charge is 0.237 e. The largest absolute Gasteiger partial charge is 0.376 e. The molecule has 5 atom stereocenters. The van der Waals surface area contributed by atoms with E-state index in [2.05, 4.69) is 17.4 Å². The second-order valence-electron chi connectivity index (χ2n) is 8.52. The van der Waals surface area contributed by atoms with Crippen molar-refractivity contribution < 1.29 is 14.3 Å². The molecule has 4 heterocycles. The van der Waals surface area contributed by atoms with Gasteiger partial charge in [0.15, 0.2) is 0 Å². The first kappa shape index (κ1) is 16.3. The minimum absolute atomic E-state index is 0.0269. The summed E-state index contributed by atoms with van der Waals surface area (Å²) >= 11 is 0. The minimum Gasteiger partial charge on any atom is -0.376 e. The van der Waals surface area contributed by atoms with Crippen LogP contribution in [0.2, 0.25) is 0 Å². The zero-order valence-electron chi connectivity index (χ0n) is 15.5. The summed E-state index contributed by atoms with van der Waals surface area (Å²) in [6, 6.07) is 18.1. The van der Waals surface area contributed by atoms with Gasteiger partial charge in [-0.25, -0.2) is 0 Å². The SMILES string of the molecule is O=C1C2CC3OCC2C(CC32C(=O)Nc3ccccc32)N1Cc1ccccc1. The first-order valence-electron chi connectivity index (χ1n) is 10.1. The van der Waals surface area contributed by atoms with Crippen LogP contribution in [0.15, 0.2) is 54.6 Å². The molecule has 1 saturated carbocycles. The molecule has 1 N–H and O–H groups in total. The molecule has 4 aliphatic heterocycles. The summed E-state index contributed by atoms with van der Waals surface area (Å²) in [5.41, 5.74) is 2.35. The molecular weight excluding hydrogens is 352 g/mol. The van der Waals surface area contributed by atoms with Gasteiger partial charge in [0.25, 0.3) is 0 Å². The Labute approximate surface area is 163 Å². The maximum atomic E-state index is 13.3. The summed E-state index contributed by atoms with van der Waals surface area (Å²) in [6.45, 7) is 1.16. The molecule has 1 spiro atoms. The summed E-state index contributed by atoms with van der Waals surface area (Å²) in [5, 5.41) is 3.08. The number of para-hydroxylation sites is 1. The number of nitrogens with one attached hydrogen (secondary N) is 1. The van der Waals surface area contributed by atoms with Crippen LogP contribution in [0.4, 0.5) is 5.69 Å². The molecule has 5 nitrogen and oxygen atoms in total. The third-order valence-electron chi connectivity index (χ3n) is 7.31. The molecule has 1 aliphatic carbocycles. The summed E-state index contributed by atoms with van der Waals surface area (Å²) in [6.07, 6.45) is 1.04. The average Bonchev–Trinajstić information content (AvgIpc) is 3.00. The fraction of sp³-hybridized carbons (Fsp3) is 0.391. The number of carbonyl (C=O) groups is 2. The number of ether oxygens (including phenoxy) is 1. The summed E-state index contributed by atoms with van der Waals surface area (Å²) < 4.78 is 6.25. The number of carbonyl (C=O) groups excluding carboxylic acids is 2. The lowest BCUT2D eigenvalue weighted by Crippen LogP contribution is -2.51. The van der Waals surface area contributed by atoms with Gasteiger partial charge in [0.1, 0.15) is 5.41 Å². The van der Waals surface area contributed by atoms with E-state index in [0.29, 0.717) is 26.0 Å². The standard InChI is InChI=1S/C23H22N2O3/c26-21-15-10-20-23(17-8-4-5-9-18(17)24-22(23)27)11-19(16(15)13-28-20)25(21)12-14-6-2-1-3-7-14/h1-9,15-16,19-20H,10-13H2,(H,24,27). The van der Waals surface area contributed by atoms with E-state index in [-0.39, 0.29) is 35.8 Å². The molecule has 2 amide bonds. The van der Waals surface area contributed by atoms with Gasteiger partial charge in [0.2, 0.25) is 11.8 Å². The summed E-state index contributed by atoms with van der Waals surface area (Å²) in [5.74, 6) is 0.396. The Balaban J connectivity index is 1.44. The number of hydrogen-bond donors (Lipinski definition) is 1. The Morgan fingerprint density at radius 1 is 1.07 bits per heavy atom.